The summed E-state index contributed by atoms with van der Waals surface area (Å²) in [6.07, 6.45) is 1.01. The van der Waals surface area contributed by atoms with Crippen molar-refractivity contribution >= 4 is 17.4 Å². The number of likely N-dealkylation sites (tertiary alicyclic amines) is 1. The topological polar surface area (TPSA) is 70.7 Å². The molecule has 0 unspecified atom stereocenters. The van der Waals surface area contributed by atoms with Gasteiger partial charge in [0.05, 0.1) is 11.1 Å². The molecule has 0 atom stereocenters. The number of amides is 1. The van der Waals surface area contributed by atoms with Crippen molar-refractivity contribution in [2.45, 2.75) is 18.5 Å². The number of fused-ring (bicyclic) bond motifs is 1. The number of hydrogen-bond acceptors (Lipinski definition) is 4. The first-order valence-electron chi connectivity index (χ1n) is 8.45. The van der Waals surface area contributed by atoms with E-state index < -0.39 is 17.3 Å². The highest BCUT2D eigenvalue weighted by Crippen LogP contribution is 2.35. The van der Waals surface area contributed by atoms with Crippen molar-refractivity contribution in [3.8, 4) is 0 Å². The largest absolute Gasteiger partial charge is 0.383 e. The van der Waals surface area contributed by atoms with Crippen LogP contribution < -0.4 is 11.1 Å². The van der Waals surface area contributed by atoms with E-state index in [0.717, 1.165) is 0 Å². The van der Waals surface area contributed by atoms with Crippen LogP contribution in [0, 0.1) is 11.6 Å². The van der Waals surface area contributed by atoms with Gasteiger partial charge in [-0.1, -0.05) is 18.2 Å². The minimum Gasteiger partial charge on any atom is -0.383 e. The third-order valence-corrected chi connectivity index (χ3v) is 4.95. The van der Waals surface area contributed by atoms with Crippen molar-refractivity contribution in [2.24, 2.45) is 10.7 Å². The number of nitrogens with zero attached hydrogens (tertiary/aromatic N) is 2. The number of carbonyl (C=O) groups is 1. The van der Waals surface area contributed by atoms with E-state index in [1.807, 2.05) is 0 Å². The average Bonchev–Trinajstić information content (AvgIpc) is 2.62. The van der Waals surface area contributed by atoms with E-state index in [1.54, 1.807) is 29.2 Å². The molecule has 2 aromatic carbocycles. The highest BCUT2D eigenvalue weighted by Gasteiger charge is 2.39. The molecule has 0 radical (unpaired) electrons. The van der Waals surface area contributed by atoms with Crippen molar-refractivity contribution < 1.29 is 13.6 Å². The predicted molar refractivity (Wildman–Crippen MR) is 95.0 cm³/mol. The lowest BCUT2D eigenvalue weighted by atomic mass is 9.93. The third-order valence-electron chi connectivity index (χ3n) is 4.95. The van der Waals surface area contributed by atoms with E-state index in [2.05, 4.69) is 10.3 Å². The molecule has 2 heterocycles. The highest BCUT2D eigenvalue weighted by molar-refractivity contribution is 6.04. The van der Waals surface area contributed by atoms with Gasteiger partial charge in [-0.15, -0.1) is 0 Å². The van der Waals surface area contributed by atoms with Gasteiger partial charge < -0.3 is 16.0 Å². The Hall–Kier alpha value is -2.96. The maximum absolute atomic E-state index is 14.0. The fourth-order valence-corrected chi connectivity index (χ4v) is 3.58. The summed E-state index contributed by atoms with van der Waals surface area (Å²) in [6.45, 7) is 0.809. The van der Waals surface area contributed by atoms with Crippen LogP contribution in [0.3, 0.4) is 0 Å². The smallest absolute Gasteiger partial charge is 0.256 e. The number of nitrogens with one attached hydrogen (secondary N) is 1. The van der Waals surface area contributed by atoms with E-state index in [0.29, 0.717) is 31.6 Å². The van der Waals surface area contributed by atoms with Crippen LogP contribution in [0.5, 0.6) is 0 Å². The van der Waals surface area contributed by atoms with E-state index in [-0.39, 0.29) is 22.9 Å². The van der Waals surface area contributed by atoms with E-state index >= 15 is 0 Å². The van der Waals surface area contributed by atoms with Gasteiger partial charge in [-0.3, -0.25) is 4.79 Å². The summed E-state index contributed by atoms with van der Waals surface area (Å²) < 4.78 is 27.8. The molecule has 1 amide bonds. The maximum Gasteiger partial charge on any atom is 0.256 e. The van der Waals surface area contributed by atoms with Gasteiger partial charge in [-0.25, -0.2) is 13.8 Å². The van der Waals surface area contributed by atoms with Crippen molar-refractivity contribution in [1.82, 2.24) is 4.90 Å². The summed E-state index contributed by atoms with van der Waals surface area (Å²) >= 11 is 0. The summed E-state index contributed by atoms with van der Waals surface area (Å²) in [7, 11) is 0. The standard InChI is InChI=1S/C19H18F2N4O/c20-13-5-2-1-4-12(13)18(26)25-10-8-19(9-11-25)23-15-7-3-6-14(21)16(15)17(22)24-19/h1-7,23H,8-11H2,(H2,22,24). The first-order chi connectivity index (χ1) is 12.5. The van der Waals surface area contributed by atoms with Gasteiger partial charge in [0.25, 0.3) is 5.91 Å². The Morgan fingerprint density at radius 3 is 2.50 bits per heavy atom. The SMILES string of the molecule is NC1=NC2(CCN(C(=O)c3ccccc3F)CC2)Nc2cccc(F)c21. The minimum atomic E-state index is -0.670. The normalized spacial score (nSPS) is 18.1. The minimum absolute atomic E-state index is 0.0653. The molecule has 0 saturated carbocycles. The van der Waals surface area contributed by atoms with Gasteiger partial charge in [0.15, 0.2) is 0 Å². The molecule has 5 nitrogen and oxygen atoms in total. The van der Waals surface area contributed by atoms with Crippen LogP contribution in [0.4, 0.5) is 14.5 Å². The Labute approximate surface area is 149 Å². The van der Waals surface area contributed by atoms with Gasteiger partial charge in [-0.05, 0) is 24.3 Å². The molecule has 2 aliphatic rings. The fourth-order valence-electron chi connectivity index (χ4n) is 3.58. The van der Waals surface area contributed by atoms with Crippen LogP contribution >= 0.6 is 0 Å². The van der Waals surface area contributed by atoms with Crippen molar-refractivity contribution in [2.75, 3.05) is 18.4 Å². The van der Waals surface area contributed by atoms with E-state index in [4.69, 9.17) is 5.73 Å². The number of benzene rings is 2. The number of hydrogen-bond donors (Lipinski definition) is 2. The molecule has 134 valence electrons. The summed E-state index contributed by atoms with van der Waals surface area (Å²) in [4.78, 5) is 18.7. The second kappa shape index (κ2) is 6.09. The maximum atomic E-state index is 14.0. The quantitative estimate of drug-likeness (QED) is 0.825. The van der Waals surface area contributed by atoms with E-state index in [9.17, 15) is 13.6 Å². The Kier molecular flexibility index (Phi) is 3.86. The van der Waals surface area contributed by atoms with Crippen LogP contribution in [-0.4, -0.2) is 35.4 Å². The monoisotopic (exact) mass is 356 g/mol. The summed E-state index contributed by atoms with van der Waals surface area (Å²) in [5.74, 6) is -1.12. The molecular formula is C19H18F2N4O. The first kappa shape index (κ1) is 16.5. The summed E-state index contributed by atoms with van der Waals surface area (Å²) in [5, 5.41) is 3.27. The molecule has 4 rings (SSSR count). The molecule has 0 aliphatic carbocycles. The number of piperidine rings is 1. The molecule has 7 heteroatoms. The van der Waals surface area contributed by atoms with Crippen molar-refractivity contribution in [3.63, 3.8) is 0 Å². The average molecular weight is 356 g/mol. The van der Waals surface area contributed by atoms with Crippen LogP contribution in [-0.2, 0) is 0 Å². The molecule has 0 aromatic heterocycles. The Morgan fingerprint density at radius 2 is 1.77 bits per heavy atom. The molecule has 0 bridgehead atoms. The molecule has 2 aliphatic heterocycles. The molecule has 26 heavy (non-hydrogen) atoms. The molecular weight excluding hydrogens is 338 g/mol. The molecule has 1 fully saturated rings. The predicted octanol–water partition coefficient (Wildman–Crippen LogP) is 2.73. The zero-order valence-corrected chi connectivity index (χ0v) is 14.0. The van der Waals surface area contributed by atoms with Gasteiger partial charge in [-0.2, -0.15) is 0 Å². The Morgan fingerprint density at radius 1 is 1.08 bits per heavy atom. The number of carbonyl (C=O) groups excluding carboxylic acids is 1. The van der Waals surface area contributed by atoms with Gasteiger partial charge in [0, 0.05) is 31.6 Å². The second-order valence-electron chi connectivity index (χ2n) is 6.59. The zero-order valence-electron chi connectivity index (χ0n) is 14.0. The van der Waals surface area contributed by atoms with Crippen molar-refractivity contribution in [3.05, 3.63) is 65.2 Å². The summed E-state index contributed by atoms with van der Waals surface area (Å²) in [6, 6.07) is 10.7. The molecule has 1 saturated heterocycles. The van der Waals surface area contributed by atoms with Gasteiger partial charge in [0.2, 0.25) is 0 Å². The van der Waals surface area contributed by atoms with Crippen LogP contribution in [0.1, 0.15) is 28.8 Å². The molecule has 2 aromatic rings. The summed E-state index contributed by atoms with van der Waals surface area (Å²) in [5.41, 5.74) is 6.28. The molecule has 3 N–H and O–H groups in total. The Balaban J connectivity index is 1.53. The highest BCUT2D eigenvalue weighted by atomic mass is 19.1. The number of aliphatic imine (C=N–C) groups is 1. The lowest BCUT2D eigenvalue weighted by Gasteiger charge is -2.42. The number of halogens is 2. The first-order valence-corrected chi connectivity index (χ1v) is 8.45. The Bertz CT molecular complexity index is 904. The zero-order chi connectivity index (χ0) is 18.3. The number of amidine groups is 1. The number of rotatable bonds is 1. The van der Waals surface area contributed by atoms with Crippen LogP contribution in [0.15, 0.2) is 47.5 Å². The third kappa shape index (κ3) is 2.69. The van der Waals surface area contributed by atoms with Crippen molar-refractivity contribution in [1.29, 1.82) is 0 Å². The second-order valence-corrected chi connectivity index (χ2v) is 6.59. The van der Waals surface area contributed by atoms with Crippen LogP contribution in [0.25, 0.3) is 0 Å². The number of nitrogens with two attached hydrogens (primary N) is 1. The fraction of sp³-hybridized carbons (Fsp3) is 0.263. The van der Waals surface area contributed by atoms with Gasteiger partial charge >= 0.3 is 0 Å². The molecule has 1 spiro atoms. The van der Waals surface area contributed by atoms with Crippen LogP contribution in [0.2, 0.25) is 0 Å². The lowest BCUT2D eigenvalue weighted by Crippen LogP contribution is -2.52. The number of anilines is 1. The lowest BCUT2D eigenvalue weighted by molar-refractivity contribution is 0.0681. The van der Waals surface area contributed by atoms with Gasteiger partial charge in [0.1, 0.15) is 23.1 Å². The van der Waals surface area contributed by atoms with E-state index in [1.165, 1.54) is 18.2 Å².